The Morgan fingerprint density at radius 1 is 1.00 bits per heavy atom. The van der Waals surface area contributed by atoms with Crippen molar-refractivity contribution in [1.82, 2.24) is 4.90 Å². The molecule has 25 heavy (non-hydrogen) atoms. The molecule has 130 valence electrons. The molecule has 0 N–H and O–H groups in total. The number of ether oxygens (including phenoxy) is 1. The van der Waals surface area contributed by atoms with Crippen LogP contribution >= 0.6 is 23.2 Å². The number of hydrogen-bond acceptors (Lipinski definition) is 2. The highest BCUT2D eigenvalue weighted by molar-refractivity contribution is 6.30. The highest BCUT2D eigenvalue weighted by Crippen LogP contribution is 2.43. The largest absolute Gasteiger partial charge is 0.361 e. The molecule has 2 aromatic rings. The lowest BCUT2D eigenvalue weighted by Crippen LogP contribution is -2.46. The van der Waals surface area contributed by atoms with E-state index < -0.39 is 0 Å². The summed E-state index contributed by atoms with van der Waals surface area (Å²) >= 11 is 12.2. The Morgan fingerprint density at radius 3 is 2.44 bits per heavy atom. The topological polar surface area (TPSA) is 29.5 Å². The number of hydrogen-bond donors (Lipinski definition) is 0. The first kappa shape index (κ1) is 16.9. The van der Waals surface area contributed by atoms with Crippen molar-refractivity contribution in [3.8, 4) is 0 Å². The van der Waals surface area contributed by atoms with Crippen molar-refractivity contribution in [2.75, 3.05) is 13.2 Å². The molecule has 3 nitrogen and oxygen atoms in total. The molecule has 1 amide bonds. The van der Waals surface area contributed by atoms with Crippen molar-refractivity contribution >= 4 is 29.1 Å². The van der Waals surface area contributed by atoms with Gasteiger partial charge in [0.2, 0.25) is 5.91 Å². The Bertz CT molecular complexity index is 774. The molecule has 2 fully saturated rings. The van der Waals surface area contributed by atoms with E-state index in [4.69, 9.17) is 27.9 Å². The molecule has 1 aliphatic heterocycles. The minimum absolute atomic E-state index is 0.0464. The molecule has 0 radical (unpaired) electrons. The Labute approximate surface area is 157 Å². The monoisotopic (exact) mass is 375 g/mol. The van der Waals surface area contributed by atoms with Crippen LogP contribution in [-0.2, 0) is 9.53 Å². The van der Waals surface area contributed by atoms with E-state index in [9.17, 15) is 4.79 Å². The van der Waals surface area contributed by atoms with Crippen molar-refractivity contribution in [2.24, 2.45) is 5.92 Å². The van der Waals surface area contributed by atoms with Gasteiger partial charge in [0.25, 0.3) is 0 Å². The molecule has 1 aliphatic carbocycles. The standard InChI is InChI=1S/C20H19Cl2NO2/c21-16-8-6-14(7-9-16)19-20(15-2-1-3-17(22)10-15)25-12-18(24)23(19)11-13-4-5-13/h1-3,6-10,13,19-20H,4-5,11-12H2/t19?,20-/m0/s1. The Balaban J connectivity index is 1.74. The molecule has 1 unspecified atom stereocenters. The van der Waals surface area contributed by atoms with Gasteiger partial charge < -0.3 is 9.64 Å². The SMILES string of the molecule is O=C1CO[C@@H](c2cccc(Cl)c2)C(c2ccc(Cl)cc2)N1CC1CC1. The van der Waals surface area contributed by atoms with Gasteiger partial charge in [0.15, 0.2) is 0 Å². The molecule has 0 bridgehead atoms. The first-order valence-corrected chi connectivity index (χ1v) is 9.29. The fourth-order valence-corrected chi connectivity index (χ4v) is 3.75. The summed E-state index contributed by atoms with van der Waals surface area (Å²) in [6, 6.07) is 15.2. The average molecular weight is 376 g/mol. The summed E-state index contributed by atoms with van der Waals surface area (Å²) in [6.07, 6.45) is 2.15. The molecule has 1 heterocycles. The maximum atomic E-state index is 12.6. The van der Waals surface area contributed by atoms with Crippen LogP contribution in [0.5, 0.6) is 0 Å². The highest BCUT2D eigenvalue weighted by atomic mass is 35.5. The third-order valence-corrected chi connectivity index (χ3v) is 5.36. The van der Waals surface area contributed by atoms with Crippen LogP contribution in [0.4, 0.5) is 0 Å². The second-order valence-electron chi connectivity index (χ2n) is 6.77. The zero-order valence-corrected chi connectivity index (χ0v) is 15.2. The number of nitrogens with zero attached hydrogens (tertiary/aromatic N) is 1. The molecule has 2 aromatic carbocycles. The smallest absolute Gasteiger partial charge is 0.249 e. The average Bonchev–Trinajstić information content (AvgIpc) is 3.42. The zero-order chi connectivity index (χ0) is 17.4. The van der Waals surface area contributed by atoms with E-state index in [-0.39, 0.29) is 24.7 Å². The van der Waals surface area contributed by atoms with Crippen molar-refractivity contribution < 1.29 is 9.53 Å². The van der Waals surface area contributed by atoms with Crippen molar-refractivity contribution in [3.05, 3.63) is 69.7 Å². The third kappa shape index (κ3) is 3.69. The first-order chi connectivity index (χ1) is 12.1. The van der Waals surface area contributed by atoms with Gasteiger partial charge in [-0.1, -0.05) is 47.5 Å². The normalized spacial score (nSPS) is 23.8. The van der Waals surface area contributed by atoms with Gasteiger partial charge in [0, 0.05) is 16.6 Å². The third-order valence-electron chi connectivity index (χ3n) is 4.87. The maximum absolute atomic E-state index is 12.6. The van der Waals surface area contributed by atoms with Gasteiger partial charge in [0.05, 0.1) is 6.04 Å². The molecule has 1 saturated heterocycles. The molecule has 5 heteroatoms. The molecule has 0 aromatic heterocycles. The van der Waals surface area contributed by atoms with Crippen LogP contribution in [-0.4, -0.2) is 24.0 Å². The minimum Gasteiger partial charge on any atom is -0.361 e. The predicted molar refractivity (Wildman–Crippen MR) is 98.8 cm³/mol. The van der Waals surface area contributed by atoms with Crippen molar-refractivity contribution in [1.29, 1.82) is 0 Å². The minimum atomic E-state index is -0.240. The van der Waals surface area contributed by atoms with Gasteiger partial charge in [0.1, 0.15) is 12.7 Å². The molecule has 4 rings (SSSR count). The highest BCUT2D eigenvalue weighted by Gasteiger charge is 2.41. The summed E-state index contributed by atoms with van der Waals surface area (Å²) < 4.78 is 5.98. The fourth-order valence-electron chi connectivity index (χ4n) is 3.42. The second-order valence-corrected chi connectivity index (χ2v) is 7.65. The van der Waals surface area contributed by atoms with Crippen molar-refractivity contribution in [2.45, 2.75) is 25.0 Å². The number of benzene rings is 2. The number of rotatable bonds is 4. The van der Waals surface area contributed by atoms with E-state index in [0.717, 1.165) is 17.7 Å². The number of carbonyl (C=O) groups excluding carboxylic acids is 1. The van der Waals surface area contributed by atoms with Crippen LogP contribution < -0.4 is 0 Å². The van der Waals surface area contributed by atoms with Gasteiger partial charge in [-0.05, 0) is 54.2 Å². The quantitative estimate of drug-likeness (QED) is 0.748. The van der Waals surface area contributed by atoms with Gasteiger partial charge in [-0.15, -0.1) is 0 Å². The van der Waals surface area contributed by atoms with E-state index in [1.54, 1.807) is 0 Å². The van der Waals surface area contributed by atoms with Gasteiger partial charge in [-0.2, -0.15) is 0 Å². The van der Waals surface area contributed by atoms with Crippen LogP contribution in [0.1, 0.15) is 36.1 Å². The maximum Gasteiger partial charge on any atom is 0.249 e. The van der Waals surface area contributed by atoms with E-state index in [2.05, 4.69) is 0 Å². The van der Waals surface area contributed by atoms with Crippen molar-refractivity contribution in [3.63, 3.8) is 0 Å². The van der Waals surface area contributed by atoms with Gasteiger partial charge >= 0.3 is 0 Å². The number of halogens is 2. The molecular formula is C20H19Cl2NO2. The number of carbonyl (C=O) groups is 1. The summed E-state index contributed by atoms with van der Waals surface area (Å²) in [5.41, 5.74) is 2.02. The Hall–Kier alpha value is -1.55. The molecular weight excluding hydrogens is 357 g/mol. The van der Waals surface area contributed by atoms with Crippen LogP contribution in [0.25, 0.3) is 0 Å². The number of morpholine rings is 1. The lowest BCUT2D eigenvalue weighted by Gasteiger charge is -2.41. The summed E-state index contributed by atoms with van der Waals surface area (Å²) in [7, 11) is 0. The summed E-state index contributed by atoms with van der Waals surface area (Å²) in [6.45, 7) is 0.889. The zero-order valence-electron chi connectivity index (χ0n) is 13.7. The van der Waals surface area contributed by atoms with E-state index >= 15 is 0 Å². The van der Waals surface area contributed by atoms with Gasteiger partial charge in [-0.3, -0.25) is 4.79 Å². The van der Waals surface area contributed by atoms with Crippen LogP contribution in [0.3, 0.4) is 0 Å². The lowest BCUT2D eigenvalue weighted by atomic mass is 9.92. The van der Waals surface area contributed by atoms with Crippen LogP contribution in [0.15, 0.2) is 48.5 Å². The van der Waals surface area contributed by atoms with E-state index in [1.165, 1.54) is 12.8 Å². The summed E-state index contributed by atoms with van der Waals surface area (Å²) in [5.74, 6) is 0.655. The lowest BCUT2D eigenvalue weighted by molar-refractivity contribution is -0.159. The summed E-state index contributed by atoms with van der Waals surface area (Å²) in [4.78, 5) is 14.6. The summed E-state index contributed by atoms with van der Waals surface area (Å²) in [5, 5.41) is 1.35. The van der Waals surface area contributed by atoms with E-state index in [0.29, 0.717) is 16.0 Å². The Morgan fingerprint density at radius 2 is 1.76 bits per heavy atom. The fraction of sp³-hybridized carbons (Fsp3) is 0.350. The predicted octanol–water partition coefficient (Wildman–Crippen LogP) is 5.04. The molecule has 2 aliphatic rings. The second kappa shape index (κ2) is 6.99. The molecule has 2 atom stereocenters. The number of amides is 1. The van der Waals surface area contributed by atoms with Crippen LogP contribution in [0.2, 0.25) is 10.0 Å². The van der Waals surface area contributed by atoms with Gasteiger partial charge in [-0.25, -0.2) is 0 Å². The molecule has 0 spiro atoms. The first-order valence-electron chi connectivity index (χ1n) is 8.54. The molecule has 1 saturated carbocycles. The Kier molecular flexibility index (Phi) is 4.72. The van der Waals surface area contributed by atoms with Crippen LogP contribution in [0, 0.1) is 5.92 Å². The van der Waals surface area contributed by atoms with E-state index in [1.807, 2.05) is 53.4 Å².